The van der Waals surface area contributed by atoms with Crippen LogP contribution in [0.4, 0.5) is 0 Å². The van der Waals surface area contributed by atoms with Gasteiger partial charge >= 0.3 is 5.97 Å². The molecule has 5 heteroatoms. The number of ether oxygens (including phenoxy) is 2. The second kappa shape index (κ2) is 7.72. The number of Topliss-reactive ketones (excluding diaryl/α,β-unsaturated/α-hetero) is 1. The molecule has 0 radical (unpaired) electrons. The van der Waals surface area contributed by atoms with Gasteiger partial charge in [-0.25, -0.2) is 4.79 Å². The maximum atomic E-state index is 12.5. The number of carbonyl (C=O) groups excluding carboxylic acids is 2. The van der Waals surface area contributed by atoms with Gasteiger partial charge in [0.15, 0.2) is 5.76 Å². The van der Waals surface area contributed by atoms with Crippen LogP contribution in [0.2, 0.25) is 0 Å². The van der Waals surface area contributed by atoms with Crippen LogP contribution in [0.25, 0.3) is 12.2 Å². The molecule has 0 amide bonds. The number of aromatic nitrogens is 1. The first-order valence-electron chi connectivity index (χ1n) is 8.62. The number of fused-ring (bicyclic) bond motifs is 1. The van der Waals surface area contributed by atoms with Gasteiger partial charge in [0.05, 0.1) is 5.56 Å². The maximum absolute atomic E-state index is 12.5. The van der Waals surface area contributed by atoms with E-state index in [9.17, 15) is 9.59 Å². The van der Waals surface area contributed by atoms with Crippen molar-refractivity contribution in [2.75, 3.05) is 0 Å². The van der Waals surface area contributed by atoms with Gasteiger partial charge in [0.25, 0.3) is 0 Å². The van der Waals surface area contributed by atoms with Gasteiger partial charge in [-0.2, -0.15) is 0 Å². The molecular weight excluding hydrogens is 354 g/mol. The number of rotatable bonds is 4. The summed E-state index contributed by atoms with van der Waals surface area (Å²) in [5, 5.41) is 0. The Morgan fingerprint density at radius 3 is 2.54 bits per heavy atom. The molecular formula is C23H15NO4. The van der Waals surface area contributed by atoms with Crippen molar-refractivity contribution >= 4 is 23.9 Å². The first kappa shape index (κ1) is 17.4. The van der Waals surface area contributed by atoms with E-state index in [2.05, 4.69) is 4.98 Å². The van der Waals surface area contributed by atoms with Crippen molar-refractivity contribution < 1.29 is 19.1 Å². The molecule has 0 bridgehead atoms. The first-order chi connectivity index (χ1) is 13.7. The Balaban J connectivity index is 1.48. The van der Waals surface area contributed by atoms with Gasteiger partial charge in [-0.05, 0) is 47.5 Å². The van der Waals surface area contributed by atoms with Gasteiger partial charge in [-0.1, -0.05) is 30.3 Å². The molecule has 0 spiro atoms. The van der Waals surface area contributed by atoms with Gasteiger partial charge in [0.1, 0.15) is 11.5 Å². The van der Waals surface area contributed by atoms with Crippen molar-refractivity contribution in [1.82, 2.24) is 4.98 Å². The van der Waals surface area contributed by atoms with Crippen LogP contribution in [0.1, 0.15) is 21.5 Å². The molecule has 0 saturated carbocycles. The van der Waals surface area contributed by atoms with E-state index < -0.39 is 5.97 Å². The summed E-state index contributed by atoms with van der Waals surface area (Å²) < 4.78 is 11.0. The minimum atomic E-state index is -0.513. The van der Waals surface area contributed by atoms with Crippen LogP contribution < -0.4 is 9.47 Å². The highest BCUT2D eigenvalue weighted by atomic mass is 16.5. The molecule has 4 rings (SSSR count). The number of hydrogen-bond acceptors (Lipinski definition) is 5. The summed E-state index contributed by atoms with van der Waals surface area (Å²) in [4.78, 5) is 28.4. The van der Waals surface area contributed by atoms with Crippen molar-refractivity contribution in [2.24, 2.45) is 0 Å². The molecule has 5 nitrogen and oxygen atoms in total. The van der Waals surface area contributed by atoms with Crippen LogP contribution in [0.3, 0.4) is 0 Å². The predicted molar refractivity (Wildman–Crippen MR) is 105 cm³/mol. The average Bonchev–Trinajstić information content (AvgIpc) is 3.03. The quantitative estimate of drug-likeness (QED) is 0.389. The molecule has 0 unspecified atom stereocenters. The van der Waals surface area contributed by atoms with Gasteiger partial charge in [-0.15, -0.1) is 0 Å². The van der Waals surface area contributed by atoms with Crippen LogP contribution in [0.15, 0.2) is 84.9 Å². The van der Waals surface area contributed by atoms with E-state index in [4.69, 9.17) is 9.47 Å². The second-order valence-corrected chi connectivity index (χ2v) is 6.04. The summed E-state index contributed by atoms with van der Waals surface area (Å²) in [5.74, 6) is 0.157. The fourth-order valence-corrected chi connectivity index (χ4v) is 2.72. The standard InChI is InChI=1S/C23H15NO4/c25-22(9-6-16-4-2-1-3-5-16)27-18-7-8-19-20(15-18)28-21(23(19)26)14-17-10-12-24-13-11-17/h1-15H. The molecule has 0 saturated heterocycles. The van der Waals surface area contributed by atoms with Crippen LogP contribution in [0, 0.1) is 0 Å². The fourth-order valence-electron chi connectivity index (χ4n) is 2.72. The number of hydrogen-bond donors (Lipinski definition) is 0. The zero-order valence-electron chi connectivity index (χ0n) is 14.7. The first-order valence-corrected chi connectivity index (χ1v) is 8.62. The average molecular weight is 369 g/mol. The van der Waals surface area contributed by atoms with Gasteiger partial charge in [0.2, 0.25) is 5.78 Å². The zero-order chi connectivity index (χ0) is 19.3. The highest BCUT2D eigenvalue weighted by Gasteiger charge is 2.27. The van der Waals surface area contributed by atoms with Crippen molar-refractivity contribution in [3.8, 4) is 11.5 Å². The lowest BCUT2D eigenvalue weighted by Crippen LogP contribution is -2.03. The highest BCUT2D eigenvalue weighted by molar-refractivity contribution is 6.14. The lowest BCUT2D eigenvalue weighted by molar-refractivity contribution is -0.128. The third kappa shape index (κ3) is 3.88. The normalized spacial score (nSPS) is 14.1. The van der Waals surface area contributed by atoms with Gasteiger partial charge < -0.3 is 9.47 Å². The Kier molecular flexibility index (Phi) is 4.80. The second-order valence-electron chi connectivity index (χ2n) is 6.04. The Labute approximate surface area is 161 Å². The molecule has 0 atom stereocenters. The van der Waals surface area contributed by atoms with Crippen LogP contribution in [0.5, 0.6) is 11.5 Å². The number of carbonyl (C=O) groups is 2. The summed E-state index contributed by atoms with van der Waals surface area (Å²) in [6, 6.07) is 17.7. The summed E-state index contributed by atoms with van der Waals surface area (Å²) in [7, 11) is 0. The van der Waals surface area contributed by atoms with Crippen molar-refractivity contribution in [1.29, 1.82) is 0 Å². The highest BCUT2D eigenvalue weighted by Crippen LogP contribution is 2.34. The van der Waals surface area contributed by atoms with E-state index in [0.717, 1.165) is 11.1 Å². The largest absolute Gasteiger partial charge is 0.452 e. The number of ketones is 1. The summed E-state index contributed by atoms with van der Waals surface area (Å²) in [6.45, 7) is 0. The van der Waals surface area contributed by atoms with Crippen molar-refractivity contribution in [3.05, 3.63) is 102 Å². The van der Waals surface area contributed by atoms with Crippen molar-refractivity contribution in [3.63, 3.8) is 0 Å². The third-order valence-electron chi connectivity index (χ3n) is 4.08. The molecule has 1 aliphatic heterocycles. The number of pyridine rings is 1. The topological polar surface area (TPSA) is 65.5 Å². The summed E-state index contributed by atoms with van der Waals surface area (Å²) in [6.07, 6.45) is 7.95. The molecule has 2 aromatic carbocycles. The Hall–Kier alpha value is -3.99. The Morgan fingerprint density at radius 2 is 1.75 bits per heavy atom. The van der Waals surface area contributed by atoms with Crippen LogP contribution in [-0.2, 0) is 4.79 Å². The predicted octanol–water partition coefficient (Wildman–Crippen LogP) is 4.32. The molecule has 1 aliphatic rings. The van der Waals surface area contributed by atoms with Crippen molar-refractivity contribution in [2.45, 2.75) is 0 Å². The monoisotopic (exact) mass is 369 g/mol. The molecule has 1 aromatic heterocycles. The summed E-state index contributed by atoms with van der Waals surface area (Å²) >= 11 is 0. The Bertz CT molecular complexity index is 1090. The van der Waals surface area contributed by atoms with Gasteiger partial charge in [-0.3, -0.25) is 9.78 Å². The third-order valence-corrected chi connectivity index (χ3v) is 4.08. The molecule has 136 valence electrons. The number of allylic oxidation sites excluding steroid dienone is 1. The smallest absolute Gasteiger partial charge is 0.336 e. The van der Waals surface area contributed by atoms with E-state index in [1.807, 2.05) is 30.3 Å². The maximum Gasteiger partial charge on any atom is 0.336 e. The molecule has 0 fully saturated rings. The van der Waals surface area contributed by atoms with Crippen LogP contribution in [-0.4, -0.2) is 16.7 Å². The molecule has 0 aliphatic carbocycles. The van der Waals surface area contributed by atoms with E-state index in [0.29, 0.717) is 17.1 Å². The number of nitrogens with zero attached hydrogens (tertiary/aromatic N) is 1. The van der Waals surface area contributed by atoms with Gasteiger partial charge in [0, 0.05) is 24.5 Å². The number of esters is 1. The lowest BCUT2D eigenvalue weighted by Gasteiger charge is -2.03. The summed E-state index contributed by atoms with van der Waals surface area (Å²) in [5.41, 5.74) is 2.14. The fraction of sp³-hybridized carbons (Fsp3) is 0. The molecule has 2 heterocycles. The minimum absolute atomic E-state index is 0.214. The van der Waals surface area contributed by atoms with E-state index in [1.54, 1.807) is 48.8 Å². The van der Waals surface area contributed by atoms with Crippen LogP contribution >= 0.6 is 0 Å². The van der Waals surface area contributed by atoms with E-state index in [1.165, 1.54) is 12.1 Å². The zero-order valence-corrected chi connectivity index (χ0v) is 14.7. The Morgan fingerprint density at radius 1 is 0.964 bits per heavy atom. The minimum Gasteiger partial charge on any atom is -0.452 e. The van der Waals surface area contributed by atoms with E-state index >= 15 is 0 Å². The molecule has 3 aromatic rings. The molecule has 28 heavy (non-hydrogen) atoms. The number of benzene rings is 2. The lowest BCUT2D eigenvalue weighted by atomic mass is 10.1. The SMILES string of the molecule is O=C(C=Cc1ccccc1)Oc1ccc2c(c1)OC(=Cc1ccncc1)C2=O. The molecule has 0 N–H and O–H groups in total. The van der Waals surface area contributed by atoms with E-state index in [-0.39, 0.29) is 11.5 Å².